The summed E-state index contributed by atoms with van der Waals surface area (Å²) in [5.41, 5.74) is 0.0892. The van der Waals surface area contributed by atoms with Gasteiger partial charge in [0, 0.05) is 6.54 Å². The van der Waals surface area contributed by atoms with E-state index in [9.17, 15) is 15.0 Å². The standard InChI is InChI=1S/C19H25NO4/c1-19(2,3)24-18(23)20-11-10-16(21)17(22)15-9-8-13-6-4-5-7-14(13)12-15/h4-9,12,16-17,21-22H,10-11H2,1-3H3,(H,20,23). The van der Waals surface area contributed by atoms with E-state index in [1.165, 1.54) is 0 Å². The van der Waals surface area contributed by atoms with Crippen molar-refractivity contribution in [1.29, 1.82) is 0 Å². The third-order valence-electron chi connectivity index (χ3n) is 3.59. The molecule has 2 aromatic rings. The van der Waals surface area contributed by atoms with E-state index >= 15 is 0 Å². The van der Waals surface area contributed by atoms with Crippen LogP contribution in [0, 0.1) is 0 Å². The Balaban J connectivity index is 1.89. The highest BCUT2D eigenvalue weighted by Crippen LogP contribution is 2.23. The third kappa shape index (κ3) is 5.22. The molecule has 0 aliphatic heterocycles. The molecular formula is C19H25NO4. The summed E-state index contributed by atoms with van der Waals surface area (Å²) in [5.74, 6) is 0. The predicted molar refractivity (Wildman–Crippen MR) is 93.8 cm³/mol. The summed E-state index contributed by atoms with van der Waals surface area (Å²) in [6.07, 6.45) is -2.28. The number of fused-ring (bicyclic) bond motifs is 1. The SMILES string of the molecule is CC(C)(C)OC(=O)NCCC(O)C(O)c1ccc2ccccc2c1. The molecule has 1 amide bonds. The molecular weight excluding hydrogens is 306 g/mol. The monoisotopic (exact) mass is 331 g/mol. The minimum Gasteiger partial charge on any atom is -0.444 e. The van der Waals surface area contributed by atoms with Gasteiger partial charge >= 0.3 is 6.09 Å². The molecule has 2 unspecified atom stereocenters. The van der Waals surface area contributed by atoms with Gasteiger partial charge < -0.3 is 20.3 Å². The highest BCUT2D eigenvalue weighted by Gasteiger charge is 2.20. The van der Waals surface area contributed by atoms with E-state index in [1.54, 1.807) is 26.8 Å². The average molecular weight is 331 g/mol. The van der Waals surface area contributed by atoms with Gasteiger partial charge in [-0.25, -0.2) is 4.79 Å². The van der Waals surface area contributed by atoms with Gasteiger partial charge in [-0.1, -0.05) is 36.4 Å². The van der Waals surface area contributed by atoms with Gasteiger partial charge in [-0.05, 0) is 49.6 Å². The summed E-state index contributed by atoms with van der Waals surface area (Å²) in [7, 11) is 0. The molecule has 0 saturated heterocycles. The van der Waals surface area contributed by atoms with Crippen LogP contribution in [0.5, 0.6) is 0 Å². The van der Waals surface area contributed by atoms with Crippen LogP contribution in [0.2, 0.25) is 0 Å². The summed E-state index contributed by atoms with van der Waals surface area (Å²) < 4.78 is 5.12. The van der Waals surface area contributed by atoms with Gasteiger partial charge in [0.2, 0.25) is 0 Å². The first-order valence-corrected chi connectivity index (χ1v) is 8.08. The van der Waals surface area contributed by atoms with Crippen LogP contribution in [0.1, 0.15) is 38.9 Å². The molecule has 130 valence electrons. The number of hydrogen-bond donors (Lipinski definition) is 3. The Morgan fingerprint density at radius 2 is 1.79 bits per heavy atom. The zero-order chi connectivity index (χ0) is 17.7. The molecule has 2 rings (SSSR count). The van der Waals surface area contributed by atoms with Gasteiger partial charge in [-0.3, -0.25) is 0 Å². The lowest BCUT2D eigenvalue weighted by atomic mass is 9.99. The summed E-state index contributed by atoms with van der Waals surface area (Å²) >= 11 is 0. The lowest BCUT2D eigenvalue weighted by Crippen LogP contribution is -2.34. The van der Waals surface area contributed by atoms with Gasteiger partial charge in [0.25, 0.3) is 0 Å². The Morgan fingerprint density at radius 3 is 2.46 bits per heavy atom. The number of aliphatic hydroxyl groups is 2. The number of nitrogens with one attached hydrogen (secondary N) is 1. The Bertz CT molecular complexity index is 693. The maximum Gasteiger partial charge on any atom is 0.407 e. The molecule has 24 heavy (non-hydrogen) atoms. The second kappa shape index (κ2) is 7.64. The number of benzene rings is 2. The zero-order valence-electron chi connectivity index (χ0n) is 14.3. The van der Waals surface area contributed by atoms with E-state index in [-0.39, 0.29) is 13.0 Å². The first-order chi connectivity index (χ1) is 11.3. The highest BCUT2D eigenvalue weighted by molar-refractivity contribution is 5.83. The largest absolute Gasteiger partial charge is 0.444 e. The molecule has 5 heteroatoms. The lowest BCUT2D eigenvalue weighted by molar-refractivity contribution is 0.0124. The van der Waals surface area contributed by atoms with Crippen molar-refractivity contribution in [1.82, 2.24) is 5.32 Å². The molecule has 0 heterocycles. The van der Waals surface area contributed by atoms with Crippen molar-refractivity contribution >= 4 is 16.9 Å². The molecule has 0 saturated carbocycles. The predicted octanol–water partition coefficient (Wildman–Crippen LogP) is 3.15. The summed E-state index contributed by atoms with van der Waals surface area (Å²) in [4.78, 5) is 11.5. The fourth-order valence-corrected chi connectivity index (χ4v) is 2.41. The summed E-state index contributed by atoms with van der Waals surface area (Å²) in [5, 5.41) is 25.1. The van der Waals surface area contributed by atoms with Gasteiger partial charge in [0.1, 0.15) is 11.7 Å². The van der Waals surface area contributed by atoms with Gasteiger partial charge in [-0.2, -0.15) is 0 Å². The Hall–Kier alpha value is -2.11. The van der Waals surface area contributed by atoms with E-state index in [0.29, 0.717) is 5.56 Å². The quantitative estimate of drug-likeness (QED) is 0.786. The molecule has 2 atom stereocenters. The molecule has 0 aromatic heterocycles. The average Bonchev–Trinajstić information content (AvgIpc) is 2.51. The smallest absolute Gasteiger partial charge is 0.407 e. The van der Waals surface area contributed by atoms with Crippen LogP contribution in [0.3, 0.4) is 0 Å². The van der Waals surface area contributed by atoms with Gasteiger partial charge in [0.15, 0.2) is 0 Å². The fourth-order valence-electron chi connectivity index (χ4n) is 2.41. The van der Waals surface area contributed by atoms with Crippen LogP contribution >= 0.6 is 0 Å². The summed E-state index contributed by atoms with van der Waals surface area (Å²) in [6.45, 7) is 5.57. The molecule has 3 N–H and O–H groups in total. The highest BCUT2D eigenvalue weighted by atomic mass is 16.6. The molecule has 5 nitrogen and oxygen atoms in total. The Labute approximate surface area is 142 Å². The molecule has 0 bridgehead atoms. The molecule has 0 aliphatic rings. The van der Waals surface area contributed by atoms with Crippen molar-refractivity contribution in [3.63, 3.8) is 0 Å². The van der Waals surface area contributed by atoms with Crippen LogP contribution < -0.4 is 5.32 Å². The number of alkyl carbamates (subject to hydrolysis) is 1. The Morgan fingerprint density at radius 1 is 1.12 bits per heavy atom. The molecule has 0 aliphatic carbocycles. The topological polar surface area (TPSA) is 78.8 Å². The fraction of sp³-hybridized carbons (Fsp3) is 0.421. The van der Waals surface area contributed by atoms with Crippen LogP contribution in [0.4, 0.5) is 4.79 Å². The summed E-state index contributed by atoms with van der Waals surface area (Å²) in [6, 6.07) is 13.4. The maximum atomic E-state index is 11.5. The first kappa shape index (κ1) is 18.2. The second-order valence-electron chi connectivity index (χ2n) is 6.84. The number of carbonyl (C=O) groups is 1. The number of amides is 1. The van der Waals surface area contributed by atoms with Crippen molar-refractivity contribution in [2.45, 2.75) is 45.0 Å². The van der Waals surface area contributed by atoms with Crippen molar-refractivity contribution in [2.75, 3.05) is 6.54 Å². The number of hydrogen-bond acceptors (Lipinski definition) is 4. The minimum atomic E-state index is -1.00. The van der Waals surface area contributed by atoms with Crippen molar-refractivity contribution in [3.8, 4) is 0 Å². The second-order valence-corrected chi connectivity index (χ2v) is 6.84. The maximum absolute atomic E-state index is 11.5. The molecule has 0 fully saturated rings. The Kier molecular flexibility index (Phi) is 5.80. The van der Waals surface area contributed by atoms with Crippen molar-refractivity contribution in [3.05, 3.63) is 48.0 Å². The third-order valence-corrected chi connectivity index (χ3v) is 3.59. The van der Waals surface area contributed by atoms with Crippen LogP contribution in [0.15, 0.2) is 42.5 Å². The zero-order valence-corrected chi connectivity index (χ0v) is 14.3. The van der Waals surface area contributed by atoms with E-state index in [4.69, 9.17) is 4.74 Å². The molecule has 0 spiro atoms. The first-order valence-electron chi connectivity index (χ1n) is 8.08. The van der Waals surface area contributed by atoms with Crippen molar-refractivity contribution in [2.24, 2.45) is 0 Å². The van der Waals surface area contributed by atoms with Crippen LogP contribution in [0.25, 0.3) is 10.8 Å². The van der Waals surface area contributed by atoms with E-state index in [1.807, 2.05) is 36.4 Å². The van der Waals surface area contributed by atoms with E-state index in [2.05, 4.69) is 5.32 Å². The number of ether oxygens (including phenoxy) is 1. The minimum absolute atomic E-state index is 0.223. The van der Waals surface area contributed by atoms with Crippen LogP contribution in [-0.2, 0) is 4.74 Å². The number of aliphatic hydroxyl groups excluding tert-OH is 2. The number of carbonyl (C=O) groups excluding carboxylic acids is 1. The van der Waals surface area contributed by atoms with Crippen LogP contribution in [-0.4, -0.2) is 34.6 Å². The van der Waals surface area contributed by atoms with Gasteiger partial charge in [0.05, 0.1) is 6.10 Å². The lowest BCUT2D eigenvalue weighted by Gasteiger charge is -2.21. The molecule has 2 aromatic carbocycles. The van der Waals surface area contributed by atoms with E-state index in [0.717, 1.165) is 10.8 Å². The number of rotatable bonds is 5. The van der Waals surface area contributed by atoms with E-state index < -0.39 is 23.9 Å². The molecule has 0 radical (unpaired) electrons. The normalized spacial score (nSPS) is 14.2. The van der Waals surface area contributed by atoms with Gasteiger partial charge in [-0.15, -0.1) is 0 Å². The van der Waals surface area contributed by atoms with Crippen molar-refractivity contribution < 1.29 is 19.7 Å².